The van der Waals surface area contributed by atoms with Crippen molar-refractivity contribution in [2.75, 3.05) is 5.32 Å². The van der Waals surface area contributed by atoms with Gasteiger partial charge in [0, 0.05) is 11.8 Å². The Morgan fingerprint density at radius 1 is 1.29 bits per heavy atom. The molecule has 7 heteroatoms. The molecule has 0 saturated heterocycles. The van der Waals surface area contributed by atoms with Crippen LogP contribution in [0.4, 0.5) is 10.5 Å². The Morgan fingerprint density at radius 3 is 2.62 bits per heavy atom. The highest BCUT2D eigenvalue weighted by molar-refractivity contribution is 5.92. The van der Waals surface area contributed by atoms with Crippen LogP contribution in [0.5, 0.6) is 0 Å². The van der Waals surface area contributed by atoms with Gasteiger partial charge in [-0.05, 0) is 37.6 Å². The number of carbonyl (C=O) groups excluding carboxylic acids is 1. The van der Waals surface area contributed by atoms with Crippen molar-refractivity contribution in [2.45, 2.75) is 20.4 Å². The lowest BCUT2D eigenvalue weighted by Gasteiger charge is -2.08. The minimum atomic E-state index is -0.996. The zero-order chi connectivity index (χ0) is 15.4. The molecule has 0 saturated carbocycles. The molecule has 2 rings (SSSR count). The number of aryl methyl sites for hydroxylation is 2. The van der Waals surface area contributed by atoms with Crippen LogP contribution in [0.1, 0.15) is 27.4 Å². The van der Waals surface area contributed by atoms with E-state index in [0.29, 0.717) is 17.0 Å². The Bertz CT molecular complexity index is 679. The number of nitrogens with zero attached hydrogens (tertiary/aromatic N) is 1. The molecule has 21 heavy (non-hydrogen) atoms. The summed E-state index contributed by atoms with van der Waals surface area (Å²) in [5.41, 5.74) is 2.04. The average molecular weight is 289 g/mol. The molecule has 0 spiro atoms. The zero-order valence-corrected chi connectivity index (χ0v) is 11.6. The maximum absolute atomic E-state index is 11.7. The number of rotatable bonds is 4. The quantitative estimate of drug-likeness (QED) is 0.801. The van der Waals surface area contributed by atoms with Crippen molar-refractivity contribution >= 4 is 17.7 Å². The summed E-state index contributed by atoms with van der Waals surface area (Å²) in [5, 5.41) is 17.9. The minimum absolute atomic E-state index is 0.207. The maximum atomic E-state index is 11.7. The number of anilines is 1. The molecule has 3 N–H and O–H groups in total. The highest BCUT2D eigenvalue weighted by Gasteiger charge is 2.09. The van der Waals surface area contributed by atoms with Crippen LogP contribution in [0.25, 0.3) is 0 Å². The number of hydrogen-bond acceptors (Lipinski definition) is 4. The van der Waals surface area contributed by atoms with E-state index in [2.05, 4.69) is 15.8 Å². The van der Waals surface area contributed by atoms with E-state index in [9.17, 15) is 9.59 Å². The molecule has 0 bridgehead atoms. The summed E-state index contributed by atoms with van der Waals surface area (Å²) in [6.45, 7) is 3.68. The van der Waals surface area contributed by atoms with Gasteiger partial charge in [-0.15, -0.1) is 0 Å². The lowest BCUT2D eigenvalue weighted by molar-refractivity contribution is 0.0696. The SMILES string of the molecule is Cc1cc(CNC(=O)Nc2ccc(C(=O)O)c(C)c2)on1. The van der Waals surface area contributed by atoms with Crippen LogP contribution in [0, 0.1) is 13.8 Å². The second-order valence-electron chi connectivity index (χ2n) is 4.58. The number of benzene rings is 1. The molecule has 2 aromatic rings. The molecule has 0 atom stereocenters. The predicted octanol–water partition coefficient (Wildman–Crippen LogP) is 2.31. The Labute approximate surface area is 120 Å². The Hall–Kier alpha value is -2.83. The van der Waals surface area contributed by atoms with Gasteiger partial charge in [-0.1, -0.05) is 5.16 Å². The number of aromatic nitrogens is 1. The summed E-state index contributed by atoms with van der Waals surface area (Å²) in [6.07, 6.45) is 0. The van der Waals surface area contributed by atoms with Crippen molar-refractivity contribution in [1.82, 2.24) is 10.5 Å². The second kappa shape index (κ2) is 6.08. The van der Waals surface area contributed by atoms with Crippen molar-refractivity contribution in [3.05, 3.63) is 46.8 Å². The van der Waals surface area contributed by atoms with Gasteiger partial charge in [0.25, 0.3) is 0 Å². The Balaban J connectivity index is 1.93. The van der Waals surface area contributed by atoms with Crippen LogP contribution >= 0.6 is 0 Å². The molecule has 7 nitrogen and oxygen atoms in total. The second-order valence-corrected chi connectivity index (χ2v) is 4.58. The summed E-state index contributed by atoms with van der Waals surface area (Å²) in [4.78, 5) is 22.6. The highest BCUT2D eigenvalue weighted by atomic mass is 16.5. The molecule has 1 heterocycles. The first-order valence-electron chi connectivity index (χ1n) is 6.26. The minimum Gasteiger partial charge on any atom is -0.478 e. The van der Waals surface area contributed by atoms with Crippen LogP contribution in [0.3, 0.4) is 0 Å². The largest absolute Gasteiger partial charge is 0.478 e. The van der Waals surface area contributed by atoms with E-state index in [4.69, 9.17) is 9.63 Å². The third kappa shape index (κ3) is 3.82. The van der Waals surface area contributed by atoms with Crippen LogP contribution in [-0.2, 0) is 6.54 Å². The Kier molecular flexibility index (Phi) is 4.22. The van der Waals surface area contributed by atoms with Gasteiger partial charge in [0.05, 0.1) is 17.8 Å². The Morgan fingerprint density at radius 2 is 2.05 bits per heavy atom. The average Bonchev–Trinajstić information content (AvgIpc) is 2.82. The summed E-state index contributed by atoms with van der Waals surface area (Å²) in [5.74, 6) is -0.441. The molecule has 0 fully saturated rings. The molecule has 0 aliphatic rings. The van der Waals surface area contributed by atoms with Crippen molar-refractivity contribution in [2.24, 2.45) is 0 Å². The zero-order valence-electron chi connectivity index (χ0n) is 11.6. The fourth-order valence-corrected chi connectivity index (χ4v) is 1.82. The van der Waals surface area contributed by atoms with Crippen molar-refractivity contribution < 1.29 is 19.2 Å². The van der Waals surface area contributed by atoms with E-state index < -0.39 is 12.0 Å². The van der Waals surface area contributed by atoms with E-state index in [0.717, 1.165) is 5.69 Å². The number of aromatic carboxylic acids is 1. The normalized spacial score (nSPS) is 10.2. The maximum Gasteiger partial charge on any atom is 0.335 e. The summed E-state index contributed by atoms with van der Waals surface area (Å²) < 4.78 is 4.97. The molecule has 0 unspecified atom stereocenters. The van der Waals surface area contributed by atoms with E-state index in [-0.39, 0.29) is 12.1 Å². The van der Waals surface area contributed by atoms with Gasteiger partial charge < -0.3 is 20.3 Å². The lowest BCUT2D eigenvalue weighted by Crippen LogP contribution is -2.28. The van der Waals surface area contributed by atoms with Gasteiger partial charge in [0.15, 0.2) is 5.76 Å². The fraction of sp³-hybridized carbons (Fsp3) is 0.214. The van der Waals surface area contributed by atoms with Gasteiger partial charge in [-0.3, -0.25) is 0 Å². The monoisotopic (exact) mass is 289 g/mol. The van der Waals surface area contributed by atoms with Crippen LogP contribution in [0.15, 0.2) is 28.8 Å². The first kappa shape index (κ1) is 14.6. The fourth-order valence-electron chi connectivity index (χ4n) is 1.82. The van der Waals surface area contributed by atoms with Crippen LogP contribution in [-0.4, -0.2) is 22.3 Å². The standard InChI is InChI=1S/C14H15N3O4/c1-8-5-10(3-4-12(8)13(18)19)16-14(20)15-7-11-6-9(2)17-21-11/h3-6H,7H2,1-2H3,(H,18,19)(H2,15,16,20). The van der Waals surface area contributed by atoms with Gasteiger partial charge in [-0.2, -0.15) is 0 Å². The van der Waals surface area contributed by atoms with E-state index in [1.165, 1.54) is 12.1 Å². The third-order valence-corrected chi connectivity index (χ3v) is 2.81. The molecule has 2 amide bonds. The van der Waals surface area contributed by atoms with E-state index >= 15 is 0 Å². The van der Waals surface area contributed by atoms with Gasteiger partial charge in [-0.25, -0.2) is 9.59 Å². The summed E-state index contributed by atoms with van der Waals surface area (Å²) in [6, 6.07) is 5.90. The number of urea groups is 1. The summed E-state index contributed by atoms with van der Waals surface area (Å²) >= 11 is 0. The predicted molar refractivity (Wildman–Crippen MR) is 75.2 cm³/mol. The van der Waals surface area contributed by atoms with Gasteiger partial charge in [0.1, 0.15) is 0 Å². The molecule has 0 radical (unpaired) electrons. The first-order valence-corrected chi connectivity index (χ1v) is 6.26. The molecular weight excluding hydrogens is 274 g/mol. The number of carboxylic acid groups (broad SMARTS) is 1. The van der Waals surface area contributed by atoms with Crippen molar-refractivity contribution in [1.29, 1.82) is 0 Å². The number of hydrogen-bond donors (Lipinski definition) is 3. The number of nitrogens with one attached hydrogen (secondary N) is 2. The van der Waals surface area contributed by atoms with Crippen molar-refractivity contribution in [3.8, 4) is 0 Å². The molecule has 1 aromatic carbocycles. The van der Waals surface area contributed by atoms with Gasteiger partial charge in [0.2, 0.25) is 0 Å². The van der Waals surface area contributed by atoms with Crippen LogP contribution < -0.4 is 10.6 Å². The molecule has 110 valence electrons. The topological polar surface area (TPSA) is 104 Å². The number of carbonyl (C=O) groups is 2. The molecule has 1 aromatic heterocycles. The lowest BCUT2D eigenvalue weighted by atomic mass is 10.1. The summed E-state index contributed by atoms with van der Waals surface area (Å²) in [7, 11) is 0. The third-order valence-electron chi connectivity index (χ3n) is 2.81. The molecular formula is C14H15N3O4. The van der Waals surface area contributed by atoms with E-state index in [1.807, 2.05) is 0 Å². The number of carboxylic acids is 1. The smallest absolute Gasteiger partial charge is 0.335 e. The van der Waals surface area contributed by atoms with Crippen LogP contribution in [0.2, 0.25) is 0 Å². The molecule has 0 aliphatic heterocycles. The van der Waals surface area contributed by atoms with E-state index in [1.54, 1.807) is 26.0 Å². The highest BCUT2D eigenvalue weighted by Crippen LogP contribution is 2.15. The van der Waals surface area contributed by atoms with Gasteiger partial charge >= 0.3 is 12.0 Å². The number of amides is 2. The van der Waals surface area contributed by atoms with Crippen molar-refractivity contribution in [3.63, 3.8) is 0 Å². The first-order chi connectivity index (χ1) is 9.95. The molecule has 0 aliphatic carbocycles.